The number of aliphatic hydroxyl groups is 1. The molecule has 0 heterocycles. The second-order valence-electron chi connectivity index (χ2n) is 30.4. The number of rotatable bonds is 76. The Morgan fingerprint density at radius 1 is 0.255 bits per heavy atom. The molecule has 0 rings (SSSR count). The number of unbranched alkanes of at least 4 members (excludes halogenated alkanes) is 42. The van der Waals surface area contributed by atoms with Crippen molar-refractivity contribution in [1.29, 1.82) is 0 Å². The predicted molar refractivity (Wildman–Crippen MR) is 400 cm³/mol. The van der Waals surface area contributed by atoms with Gasteiger partial charge in [0.25, 0.3) is 0 Å². The summed E-state index contributed by atoms with van der Waals surface area (Å²) in [6.07, 6.45) is 54.4. The van der Waals surface area contributed by atoms with Gasteiger partial charge in [-0.1, -0.05) is 351 Å². The fraction of sp³-hybridized carbons (Fsp3) is 0.949. The maximum atomic E-state index is 13.1. The minimum Gasteiger partial charge on any atom is -0.462 e. The Morgan fingerprint density at radius 3 is 0.633 bits per heavy atom. The number of phosphoric acid groups is 2. The molecule has 582 valence electrons. The third-order valence-electron chi connectivity index (χ3n) is 18.3. The normalized spacial score (nSPS) is 14.1. The van der Waals surface area contributed by atoms with Gasteiger partial charge in [-0.25, -0.2) is 9.13 Å². The van der Waals surface area contributed by atoms with Crippen LogP contribution in [0.5, 0.6) is 0 Å². The lowest BCUT2D eigenvalue weighted by atomic mass is 10.0. The summed E-state index contributed by atoms with van der Waals surface area (Å²) >= 11 is 0. The molecule has 0 aliphatic heterocycles. The van der Waals surface area contributed by atoms with Crippen LogP contribution < -0.4 is 0 Å². The van der Waals surface area contributed by atoms with E-state index < -0.39 is 97.5 Å². The van der Waals surface area contributed by atoms with Crippen LogP contribution in [-0.2, 0) is 65.4 Å². The van der Waals surface area contributed by atoms with Crippen molar-refractivity contribution in [2.24, 2.45) is 23.7 Å². The molecule has 98 heavy (non-hydrogen) atoms. The first-order chi connectivity index (χ1) is 47.1. The summed E-state index contributed by atoms with van der Waals surface area (Å²) in [5, 5.41) is 10.6. The van der Waals surface area contributed by atoms with Gasteiger partial charge in [0.05, 0.1) is 26.4 Å². The molecule has 5 atom stereocenters. The predicted octanol–water partition coefficient (Wildman–Crippen LogP) is 23.2. The molecule has 0 aromatic rings. The first kappa shape index (κ1) is 96.1. The fourth-order valence-corrected chi connectivity index (χ4v) is 13.7. The highest BCUT2D eigenvalue weighted by Crippen LogP contribution is 2.45. The van der Waals surface area contributed by atoms with Gasteiger partial charge in [0.15, 0.2) is 12.2 Å². The van der Waals surface area contributed by atoms with Crippen LogP contribution in [0.2, 0.25) is 0 Å². The van der Waals surface area contributed by atoms with Gasteiger partial charge in [-0.2, -0.15) is 0 Å². The quantitative estimate of drug-likeness (QED) is 0.0222. The average molecular weight is 1440 g/mol. The molecular weight excluding hydrogens is 1280 g/mol. The van der Waals surface area contributed by atoms with Gasteiger partial charge < -0.3 is 33.8 Å². The highest BCUT2D eigenvalue weighted by atomic mass is 31.2. The van der Waals surface area contributed by atoms with E-state index in [0.717, 1.165) is 108 Å². The number of carbonyl (C=O) groups is 4. The van der Waals surface area contributed by atoms with Crippen LogP contribution in [-0.4, -0.2) is 96.7 Å². The van der Waals surface area contributed by atoms with Crippen molar-refractivity contribution in [2.45, 2.75) is 420 Å². The zero-order chi connectivity index (χ0) is 72.4. The molecule has 0 fully saturated rings. The highest BCUT2D eigenvalue weighted by Gasteiger charge is 2.30. The first-order valence-electron chi connectivity index (χ1n) is 40.7. The van der Waals surface area contributed by atoms with E-state index in [2.05, 4.69) is 55.4 Å². The van der Waals surface area contributed by atoms with Crippen LogP contribution in [0.3, 0.4) is 0 Å². The first-order valence-corrected chi connectivity index (χ1v) is 43.7. The molecule has 17 nitrogen and oxygen atoms in total. The van der Waals surface area contributed by atoms with Crippen LogP contribution in [0.1, 0.15) is 402 Å². The molecule has 19 heteroatoms. The monoisotopic (exact) mass is 1440 g/mol. The third kappa shape index (κ3) is 72.4. The summed E-state index contributed by atoms with van der Waals surface area (Å²) in [5.41, 5.74) is 0. The Hall–Kier alpha value is -1.94. The summed E-state index contributed by atoms with van der Waals surface area (Å²) in [7, 11) is -9.92. The molecule has 0 aliphatic rings. The topological polar surface area (TPSA) is 237 Å². The Balaban J connectivity index is 5.15. The van der Waals surface area contributed by atoms with Crippen LogP contribution in [0.25, 0.3) is 0 Å². The Labute approximate surface area is 600 Å². The second-order valence-corrected chi connectivity index (χ2v) is 33.3. The number of carbonyl (C=O) groups excluding carboxylic acids is 4. The van der Waals surface area contributed by atoms with Gasteiger partial charge in [-0.05, 0) is 49.4 Å². The molecule has 0 saturated carbocycles. The summed E-state index contributed by atoms with van der Waals surface area (Å²) in [4.78, 5) is 72.8. The number of esters is 4. The molecule has 3 unspecified atom stereocenters. The van der Waals surface area contributed by atoms with E-state index in [0.29, 0.717) is 37.5 Å². The van der Waals surface area contributed by atoms with Crippen LogP contribution in [0.15, 0.2) is 0 Å². The Bertz CT molecular complexity index is 1920. The molecular formula is C79H154O17P2. The van der Waals surface area contributed by atoms with Crippen LogP contribution in [0, 0.1) is 23.7 Å². The van der Waals surface area contributed by atoms with Gasteiger partial charge in [0.1, 0.15) is 19.3 Å². The summed E-state index contributed by atoms with van der Waals surface area (Å²) in [6, 6.07) is 0. The lowest BCUT2D eigenvalue weighted by Crippen LogP contribution is -2.30. The molecule has 0 amide bonds. The number of aliphatic hydroxyl groups excluding tert-OH is 1. The molecule has 0 saturated heterocycles. The van der Waals surface area contributed by atoms with E-state index in [1.807, 2.05) is 0 Å². The van der Waals surface area contributed by atoms with Crippen molar-refractivity contribution in [3.05, 3.63) is 0 Å². The second kappa shape index (κ2) is 68.2. The Kier molecular flexibility index (Phi) is 66.8. The van der Waals surface area contributed by atoms with E-state index in [4.69, 9.17) is 37.0 Å². The van der Waals surface area contributed by atoms with Crippen molar-refractivity contribution in [3.63, 3.8) is 0 Å². The Morgan fingerprint density at radius 2 is 0.429 bits per heavy atom. The van der Waals surface area contributed by atoms with Gasteiger partial charge in [0.2, 0.25) is 0 Å². The molecule has 0 spiro atoms. The minimum absolute atomic E-state index is 0.103. The lowest BCUT2D eigenvalue weighted by molar-refractivity contribution is -0.161. The molecule has 0 aromatic carbocycles. The molecule has 0 radical (unpaired) electrons. The highest BCUT2D eigenvalue weighted by molar-refractivity contribution is 7.47. The average Bonchev–Trinajstić information content (AvgIpc) is 1.65. The van der Waals surface area contributed by atoms with Crippen molar-refractivity contribution in [1.82, 2.24) is 0 Å². The van der Waals surface area contributed by atoms with Crippen LogP contribution >= 0.6 is 15.6 Å². The number of ether oxygens (including phenoxy) is 4. The van der Waals surface area contributed by atoms with E-state index in [9.17, 15) is 43.2 Å². The molecule has 0 bridgehead atoms. The van der Waals surface area contributed by atoms with Crippen molar-refractivity contribution in [2.75, 3.05) is 39.6 Å². The smallest absolute Gasteiger partial charge is 0.462 e. The summed E-state index contributed by atoms with van der Waals surface area (Å²) < 4.78 is 68.6. The molecule has 0 aliphatic carbocycles. The van der Waals surface area contributed by atoms with Gasteiger partial charge in [0, 0.05) is 25.7 Å². The van der Waals surface area contributed by atoms with E-state index in [-0.39, 0.29) is 25.7 Å². The third-order valence-corrected chi connectivity index (χ3v) is 20.2. The zero-order valence-corrected chi connectivity index (χ0v) is 66.2. The van der Waals surface area contributed by atoms with Gasteiger partial charge in [-0.3, -0.25) is 37.3 Å². The van der Waals surface area contributed by atoms with Crippen LogP contribution in [0.4, 0.5) is 0 Å². The fourth-order valence-electron chi connectivity index (χ4n) is 12.1. The van der Waals surface area contributed by atoms with Crippen molar-refractivity contribution in [3.8, 4) is 0 Å². The van der Waals surface area contributed by atoms with E-state index in [1.165, 1.54) is 199 Å². The van der Waals surface area contributed by atoms with Crippen molar-refractivity contribution < 1.29 is 80.2 Å². The summed E-state index contributed by atoms with van der Waals surface area (Å²) in [5.74, 6) is 0.899. The SMILES string of the molecule is CC(C)CCCCCCCCCCCCCCCCCCCCC(=O)O[C@H](COC(=O)CCCCCCCCCC(C)C)COP(=O)(O)OCC(O)COP(=O)(O)OC[C@@H](COC(=O)CCCCCCCCCCCCCCCCC(C)C)OC(=O)CCCCCCCCCC(C)C. The van der Waals surface area contributed by atoms with Gasteiger partial charge in [-0.15, -0.1) is 0 Å². The maximum Gasteiger partial charge on any atom is 0.472 e. The van der Waals surface area contributed by atoms with Crippen molar-refractivity contribution >= 4 is 39.5 Å². The zero-order valence-electron chi connectivity index (χ0n) is 64.4. The van der Waals surface area contributed by atoms with Gasteiger partial charge >= 0.3 is 39.5 Å². The largest absolute Gasteiger partial charge is 0.472 e. The molecule has 0 aromatic heterocycles. The van der Waals surface area contributed by atoms with E-state index >= 15 is 0 Å². The molecule has 3 N–H and O–H groups in total. The number of hydrogen-bond acceptors (Lipinski definition) is 15. The number of phosphoric ester groups is 2. The standard InChI is InChI=1S/C79H154O17P2/c1-69(2)55-47-39-31-25-21-17-13-11-9-10-12-14-20-24-28-36-45-53-61-78(83)95-74(66-90-77(82)60-52-44-37-29-33-41-49-57-71(5)6)67-93-97(85,86)91-63-73(80)64-92-98(87,88)94-68-75(96-79(84)62-54-46-38-30-34-42-50-58-72(7)8)65-89-76(81)59-51-43-35-27-23-19-16-15-18-22-26-32-40-48-56-70(3)4/h69-75,80H,9-68H2,1-8H3,(H,85,86)(H,87,88)/t73?,74-,75-/m1/s1. The minimum atomic E-state index is -4.96. The van der Waals surface area contributed by atoms with E-state index in [1.54, 1.807) is 0 Å². The maximum absolute atomic E-state index is 13.1. The lowest BCUT2D eigenvalue weighted by Gasteiger charge is -2.21. The summed E-state index contributed by atoms with van der Waals surface area (Å²) in [6.45, 7) is 14.2. The number of hydrogen-bond donors (Lipinski definition) is 3.